The Hall–Kier alpha value is -4.88. The molecule has 204 valence electrons. The average Bonchev–Trinajstić information content (AvgIpc) is 3.74. The molecule has 0 saturated heterocycles. The van der Waals surface area contributed by atoms with Crippen LogP contribution in [-0.4, -0.2) is 4.57 Å². The van der Waals surface area contributed by atoms with Crippen LogP contribution in [-0.2, 0) is 17.3 Å². The van der Waals surface area contributed by atoms with E-state index < -0.39 is 0 Å². The van der Waals surface area contributed by atoms with Crippen LogP contribution in [0.3, 0.4) is 0 Å². The highest BCUT2D eigenvalue weighted by molar-refractivity contribution is 6.11. The first kappa shape index (κ1) is 23.7. The lowest BCUT2D eigenvalue weighted by Gasteiger charge is -2.29. The molecule has 0 aliphatic heterocycles. The van der Waals surface area contributed by atoms with Gasteiger partial charge in [-0.15, -0.1) is 0 Å². The molecule has 0 fully saturated rings. The Morgan fingerprint density at radius 2 is 1.16 bits per heavy atom. The predicted octanol–water partition coefficient (Wildman–Crippen LogP) is 10.4. The molecule has 1 aromatic heterocycles. The molecule has 43 heavy (non-hydrogen) atoms. The minimum atomic E-state index is -0.0951. The van der Waals surface area contributed by atoms with E-state index in [1.165, 1.54) is 83.1 Å². The largest absolute Gasteiger partial charge is 0.309 e. The smallest absolute Gasteiger partial charge is 0.0544 e. The first-order valence-corrected chi connectivity index (χ1v) is 15.6. The molecule has 1 nitrogen and oxygen atoms in total. The zero-order valence-electron chi connectivity index (χ0n) is 24.5. The molecule has 3 aliphatic carbocycles. The quantitative estimate of drug-likeness (QED) is 0.192. The number of nitrogens with zero attached hydrogens (tertiary/aromatic N) is 1. The lowest BCUT2D eigenvalue weighted by atomic mass is 9.73. The third kappa shape index (κ3) is 2.79. The maximum atomic E-state index is 2.53. The Balaban J connectivity index is 1.28. The fourth-order valence-corrected chi connectivity index (χ4v) is 9.11. The molecule has 0 N–H and O–H groups in total. The molecular weight excluding hydrogens is 518 g/mol. The lowest BCUT2D eigenvalue weighted by Crippen LogP contribution is -2.23. The second kappa shape index (κ2) is 7.94. The fraction of sp³-hybridized carbons (Fsp3) is 0.143. The van der Waals surface area contributed by atoms with E-state index in [0.29, 0.717) is 0 Å². The molecule has 1 atom stereocenters. The molecule has 3 aliphatic rings. The maximum Gasteiger partial charge on any atom is 0.0544 e. The molecule has 1 spiro atoms. The number of fused-ring (bicyclic) bond motifs is 13. The van der Waals surface area contributed by atoms with Crippen molar-refractivity contribution in [2.45, 2.75) is 37.5 Å². The lowest BCUT2D eigenvalue weighted by molar-refractivity contribution is 0.626. The summed E-state index contributed by atoms with van der Waals surface area (Å²) in [6, 6.07) is 48.4. The number of aryl methyl sites for hydroxylation is 1. The highest BCUT2D eigenvalue weighted by Gasteiger charge is 2.48. The van der Waals surface area contributed by atoms with Gasteiger partial charge in [0.2, 0.25) is 0 Å². The van der Waals surface area contributed by atoms with Crippen molar-refractivity contribution >= 4 is 21.8 Å². The van der Waals surface area contributed by atoms with E-state index in [1.54, 1.807) is 0 Å². The number of benzene rings is 6. The van der Waals surface area contributed by atoms with Gasteiger partial charge in [0.1, 0.15) is 0 Å². The summed E-state index contributed by atoms with van der Waals surface area (Å²) in [5.74, 6) is 0. The second-order valence-corrected chi connectivity index (χ2v) is 13.3. The summed E-state index contributed by atoms with van der Waals surface area (Å²) in [6.45, 7) is 4.76. The van der Waals surface area contributed by atoms with Crippen LogP contribution in [0.5, 0.6) is 0 Å². The van der Waals surface area contributed by atoms with Gasteiger partial charge in [0.25, 0.3) is 0 Å². The minimum absolute atomic E-state index is 0.0431. The Morgan fingerprint density at radius 3 is 2.02 bits per heavy atom. The maximum absolute atomic E-state index is 2.53. The number of hydrogen-bond donors (Lipinski definition) is 0. The molecular formula is C42H31N. The third-order valence-electron chi connectivity index (χ3n) is 11.0. The predicted molar refractivity (Wildman–Crippen MR) is 178 cm³/mol. The van der Waals surface area contributed by atoms with Gasteiger partial charge in [-0.1, -0.05) is 111 Å². The third-order valence-corrected chi connectivity index (χ3v) is 11.0. The summed E-state index contributed by atoms with van der Waals surface area (Å²) in [4.78, 5) is 0. The van der Waals surface area contributed by atoms with Crippen LogP contribution >= 0.6 is 0 Å². The van der Waals surface area contributed by atoms with Crippen LogP contribution in [0.25, 0.3) is 49.7 Å². The Morgan fingerprint density at radius 1 is 0.488 bits per heavy atom. The van der Waals surface area contributed by atoms with Crippen molar-refractivity contribution in [1.29, 1.82) is 0 Å². The van der Waals surface area contributed by atoms with Gasteiger partial charge >= 0.3 is 0 Å². The van der Waals surface area contributed by atoms with Gasteiger partial charge in [0, 0.05) is 27.3 Å². The zero-order valence-corrected chi connectivity index (χ0v) is 24.5. The highest BCUT2D eigenvalue weighted by atomic mass is 15.0. The van der Waals surface area contributed by atoms with E-state index in [2.05, 4.69) is 146 Å². The van der Waals surface area contributed by atoms with Crippen LogP contribution < -0.4 is 0 Å². The Bertz CT molecular complexity index is 2330. The zero-order chi connectivity index (χ0) is 28.5. The van der Waals surface area contributed by atoms with Crippen molar-refractivity contribution in [3.63, 3.8) is 0 Å². The van der Waals surface area contributed by atoms with Gasteiger partial charge in [-0.05, 0) is 98.8 Å². The first-order chi connectivity index (χ1) is 21.1. The average molecular weight is 550 g/mol. The van der Waals surface area contributed by atoms with E-state index in [0.717, 1.165) is 12.8 Å². The van der Waals surface area contributed by atoms with Crippen molar-refractivity contribution in [3.05, 3.63) is 161 Å². The molecule has 6 aromatic carbocycles. The second-order valence-electron chi connectivity index (χ2n) is 13.3. The van der Waals surface area contributed by atoms with Gasteiger partial charge in [-0.3, -0.25) is 0 Å². The molecule has 1 heterocycles. The van der Waals surface area contributed by atoms with Crippen molar-refractivity contribution < 1.29 is 0 Å². The number of rotatable bonds is 1. The fourth-order valence-electron chi connectivity index (χ4n) is 9.11. The standard InChI is InChI=1S/C42H31N/c1-41(2)35-16-8-4-13-29(35)32-24-33-31-14-6-10-18-39(31)43(40(33)25-37(32)41)27-19-20-30-28-12-5-9-17-36(28)42(38(30)23-27)22-21-26-11-3-7-15-34(26)42/h3-20,23-25H,21-22H2,1-2H3. The normalized spacial score (nSPS) is 18.6. The van der Waals surface area contributed by atoms with Crippen molar-refractivity contribution in [2.75, 3.05) is 0 Å². The van der Waals surface area contributed by atoms with Crippen LogP contribution in [0.1, 0.15) is 53.6 Å². The molecule has 0 radical (unpaired) electrons. The number of aromatic nitrogens is 1. The van der Waals surface area contributed by atoms with Gasteiger partial charge in [-0.25, -0.2) is 0 Å². The van der Waals surface area contributed by atoms with Gasteiger partial charge in [0.05, 0.1) is 11.0 Å². The van der Waals surface area contributed by atoms with Gasteiger partial charge in [-0.2, -0.15) is 0 Å². The summed E-state index contributed by atoms with van der Waals surface area (Å²) in [7, 11) is 0. The summed E-state index contributed by atoms with van der Waals surface area (Å²) >= 11 is 0. The SMILES string of the molecule is CC1(C)c2ccccc2-c2cc3c4ccccc4n(-c4ccc5c(c4)C4(CCc6ccccc64)c4ccccc4-5)c3cc21. The molecule has 0 amide bonds. The molecule has 1 heteroatoms. The van der Waals surface area contributed by atoms with Crippen molar-refractivity contribution in [3.8, 4) is 27.9 Å². The first-order valence-electron chi connectivity index (χ1n) is 15.6. The van der Waals surface area contributed by atoms with Crippen LogP contribution in [0, 0.1) is 0 Å². The summed E-state index contributed by atoms with van der Waals surface area (Å²) in [5, 5.41) is 2.64. The monoisotopic (exact) mass is 549 g/mol. The van der Waals surface area contributed by atoms with Crippen LogP contribution in [0.15, 0.2) is 127 Å². The van der Waals surface area contributed by atoms with Gasteiger partial charge in [0.15, 0.2) is 0 Å². The molecule has 1 unspecified atom stereocenters. The van der Waals surface area contributed by atoms with E-state index in [-0.39, 0.29) is 10.8 Å². The molecule has 0 bridgehead atoms. The van der Waals surface area contributed by atoms with E-state index >= 15 is 0 Å². The molecule has 0 saturated carbocycles. The topological polar surface area (TPSA) is 4.93 Å². The van der Waals surface area contributed by atoms with Gasteiger partial charge < -0.3 is 4.57 Å². The molecule has 10 rings (SSSR count). The van der Waals surface area contributed by atoms with Crippen LogP contribution in [0.4, 0.5) is 0 Å². The Labute approximate surface area is 252 Å². The molecule has 7 aromatic rings. The summed E-state index contributed by atoms with van der Waals surface area (Å²) in [5.41, 5.74) is 17.9. The summed E-state index contributed by atoms with van der Waals surface area (Å²) in [6.07, 6.45) is 2.23. The number of hydrogen-bond acceptors (Lipinski definition) is 0. The van der Waals surface area contributed by atoms with Crippen molar-refractivity contribution in [1.82, 2.24) is 4.57 Å². The van der Waals surface area contributed by atoms with E-state index in [1.807, 2.05) is 0 Å². The minimum Gasteiger partial charge on any atom is -0.309 e. The van der Waals surface area contributed by atoms with Crippen LogP contribution in [0.2, 0.25) is 0 Å². The van der Waals surface area contributed by atoms with Crippen molar-refractivity contribution in [2.24, 2.45) is 0 Å². The summed E-state index contributed by atoms with van der Waals surface area (Å²) < 4.78 is 2.53. The number of para-hydroxylation sites is 1. The van der Waals surface area contributed by atoms with E-state index in [4.69, 9.17) is 0 Å². The Kier molecular flexibility index (Phi) is 4.37. The highest BCUT2D eigenvalue weighted by Crippen LogP contribution is 2.59. The van der Waals surface area contributed by atoms with E-state index in [9.17, 15) is 0 Å².